The molecule has 0 heterocycles. The zero-order chi connectivity index (χ0) is 14.5. The molecule has 0 aliphatic rings. The van der Waals surface area contributed by atoms with Gasteiger partial charge in [-0.2, -0.15) is 13.2 Å². The SMILES string of the molecule is CCCC(COc1cccc(C(F)(F)F)c1)C(=O)O. The monoisotopic (exact) mass is 276 g/mol. The fraction of sp³-hybridized carbons (Fsp3) is 0.462. The van der Waals surface area contributed by atoms with E-state index in [1.807, 2.05) is 6.92 Å². The number of ether oxygens (including phenoxy) is 1. The standard InChI is InChI=1S/C13H15F3O3/c1-2-4-9(12(17)18)8-19-11-6-3-5-10(7-11)13(14,15)16/h3,5-7,9H,2,4,8H2,1H3,(H,17,18). The van der Waals surface area contributed by atoms with Gasteiger partial charge in [-0.15, -0.1) is 0 Å². The van der Waals surface area contributed by atoms with Gasteiger partial charge >= 0.3 is 12.1 Å². The first kappa shape index (κ1) is 15.3. The number of rotatable bonds is 6. The Morgan fingerprint density at radius 3 is 2.63 bits per heavy atom. The largest absolute Gasteiger partial charge is 0.493 e. The molecule has 1 unspecified atom stereocenters. The predicted octanol–water partition coefficient (Wildman–Crippen LogP) is 3.59. The van der Waals surface area contributed by atoms with Gasteiger partial charge in [-0.1, -0.05) is 19.4 Å². The third-order valence-corrected chi connectivity index (χ3v) is 2.60. The lowest BCUT2D eigenvalue weighted by molar-refractivity contribution is -0.143. The lowest BCUT2D eigenvalue weighted by Crippen LogP contribution is -2.21. The summed E-state index contributed by atoms with van der Waals surface area (Å²) < 4.78 is 42.5. The Kier molecular flexibility index (Phi) is 5.20. The van der Waals surface area contributed by atoms with Gasteiger partial charge < -0.3 is 9.84 Å². The highest BCUT2D eigenvalue weighted by Crippen LogP contribution is 2.31. The van der Waals surface area contributed by atoms with Gasteiger partial charge in [-0.05, 0) is 24.6 Å². The molecule has 3 nitrogen and oxygen atoms in total. The summed E-state index contributed by atoms with van der Waals surface area (Å²) in [5.74, 6) is -1.69. The summed E-state index contributed by atoms with van der Waals surface area (Å²) >= 11 is 0. The van der Waals surface area contributed by atoms with E-state index >= 15 is 0 Å². The molecule has 0 aliphatic heterocycles. The number of carbonyl (C=O) groups is 1. The molecule has 1 aromatic rings. The van der Waals surface area contributed by atoms with E-state index in [0.29, 0.717) is 12.8 Å². The number of alkyl halides is 3. The van der Waals surface area contributed by atoms with Crippen LogP contribution in [0.1, 0.15) is 25.3 Å². The van der Waals surface area contributed by atoms with Crippen molar-refractivity contribution in [2.45, 2.75) is 25.9 Å². The lowest BCUT2D eigenvalue weighted by Gasteiger charge is -2.14. The first-order valence-corrected chi connectivity index (χ1v) is 5.87. The van der Waals surface area contributed by atoms with Crippen molar-refractivity contribution in [1.29, 1.82) is 0 Å². The molecule has 1 atom stereocenters. The van der Waals surface area contributed by atoms with Gasteiger partial charge in [0.15, 0.2) is 0 Å². The zero-order valence-electron chi connectivity index (χ0n) is 10.4. The topological polar surface area (TPSA) is 46.5 Å². The van der Waals surface area contributed by atoms with Gasteiger partial charge in [0.2, 0.25) is 0 Å². The molecule has 106 valence electrons. The lowest BCUT2D eigenvalue weighted by atomic mass is 10.1. The van der Waals surface area contributed by atoms with Crippen LogP contribution in [0.4, 0.5) is 13.2 Å². The minimum absolute atomic E-state index is 0.0252. The van der Waals surface area contributed by atoms with Crippen molar-refractivity contribution < 1.29 is 27.8 Å². The van der Waals surface area contributed by atoms with E-state index in [1.165, 1.54) is 12.1 Å². The number of aliphatic carboxylic acids is 1. The summed E-state index contributed by atoms with van der Waals surface area (Å²) in [6.45, 7) is 1.70. The third-order valence-electron chi connectivity index (χ3n) is 2.60. The van der Waals surface area contributed by atoms with Gasteiger partial charge in [0.05, 0.1) is 11.5 Å². The maximum Gasteiger partial charge on any atom is 0.416 e. The van der Waals surface area contributed by atoms with E-state index in [1.54, 1.807) is 0 Å². The molecule has 19 heavy (non-hydrogen) atoms. The summed E-state index contributed by atoms with van der Waals surface area (Å²) in [5.41, 5.74) is -0.813. The molecule has 0 spiro atoms. The molecule has 0 saturated heterocycles. The first-order valence-electron chi connectivity index (χ1n) is 5.87. The van der Waals surface area contributed by atoms with Crippen molar-refractivity contribution in [3.05, 3.63) is 29.8 Å². The van der Waals surface area contributed by atoms with Crippen LogP contribution in [0.15, 0.2) is 24.3 Å². The molecular formula is C13H15F3O3. The van der Waals surface area contributed by atoms with Crippen molar-refractivity contribution in [3.63, 3.8) is 0 Å². The third kappa shape index (κ3) is 4.81. The average molecular weight is 276 g/mol. The van der Waals surface area contributed by atoms with Crippen molar-refractivity contribution in [2.24, 2.45) is 5.92 Å². The summed E-state index contributed by atoms with van der Waals surface area (Å²) in [4.78, 5) is 10.9. The van der Waals surface area contributed by atoms with Crippen LogP contribution in [0.5, 0.6) is 5.75 Å². The van der Waals surface area contributed by atoms with Crippen LogP contribution < -0.4 is 4.74 Å². The number of halogens is 3. The van der Waals surface area contributed by atoms with Crippen LogP contribution >= 0.6 is 0 Å². The predicted molar refractivity (Wildman–Crippen MR) is 63.0 cm³/mol. The molecule has 0 radical (unpaired) electrons. The summed E-state index contributed by atoms with van der Waals surface area (Å²) in [5, 5.41) is 8.91. The average Bonchev–Trinajstić information content (AvgIpc) is 2.33. The molecule has 0 aliphatic carbocycles. The molecule has 6 heteroatoms. The number of carboxylic acids is 1. The van der Waals surface area contributed by atoms with Gasteiger partial charge in [-0.3, -0.25) is 4.79 Å². The molecule has 0 fully saturated rings. The van der Waals surface area contributed by atoms with Crippen molar-refractivity contribution >= 4 is 5.97 Å². The first-order chi connectivity index (χ1) is 8.84. The Hall–Kier alpha value is -1.72. The zero-order valence-corrected chi connectivity index (χ0v) is 10.4. The van der Waals surface area contributed by atoms with Crippen molar-refractivity contribution in [2.75, 3.05) is 6.61 Å². The number of carboxylic acid groups (broad SMARTS) is 1. The molecule has 1 N–H and O–H groups in total. The quantitative estimate of drug-likeness (QED) is 0.863. The van der Waals surface area contributed by atoms with E-state index in [2.05, 4.69) is 0 Å². The second-order valence-electron chi connectivity index (χ2n) is 4.16. The van der Waals surface area contributed by atoms with E-state index in [0.717, 1.165) is 12.1 Å². The van der Waals surface area contributed by atoms with Gasteiger partial charge in [-0.25, -0.2) is 0 Å². The highest BCUT2D eigenvalue weighted by molar-refractivity contribution is 5.70. The maximum absolute atomic E-state index is 12.5. The molecule has 0 bridgehead atoms. The second kappa shape index (κ2) is 6.45. The van der Waals surface area contributed by atoms with Crippen LogP contribution in [0.25, 0.3) is 0 Å². The Morgan fingerprint density at radius 2 is 2.11 bits per heavy atom. The Bertz CT molecular complexity index is 429. The minimum atomic E-state index is -4.44. The maximum atomic E-state index is 12.5. The smallest absolute Gasteiger partial charge is 0.416 e. The van der Waals surface area contributed by atoms with E-state index in [-0.39, 0.29) is 12.4 Å². The second-order valence-corrected chi connectivity index (χ2v) is 4.16. The van der Waals surface area contributed by atoms with E-state index < -0.39 is 23.6 Å². The minimum Gasteiger partial charge on any atom is -0.493 e. The molecule has 1 aromatic carbocycles. The molecule has 0 amide bonds. The number of benzene rings is 1. The molecular weight excluding hydrogens is 261 g/mol. The fourth-order valence-electron chi connectivity index (χ4n) is 1.59. The number of hydrogen-bond donors (Lipinski definition) is 1. The van der Waals surface area contributed by atoms with Crippen molar-refractivity contribution in [1.82, 2.24) is 0 Å². The van der Waals surface area contributed by atoms with E-state index in [4.69, 9.17) is 9.84 Å². The Labute approximate surface area is 109 Å². The normalized spacial score (nSPS) is 13.1. The van der Waals surface area contributed by atoms with Gasteiger partial charge in [0, 0.05) is 0 Å². The molecule has 1 rings (SSSR count). The fourth-order valence-corrected chi connectivity index (χ4v) is 1.59. The van der Waals surface area contributed by atoms with Crippen LogP contribution in [0.2, 0.25) is 0 Å². The summed E-state index contributed by atoms with van der Waals surface area (Å²) in [6.07, 6.45) is -3.34. The Balaban J connectivity index is 2.69. The van der Waals surface area contributed by atoms with Crippen LogP contribution in [-0.2, 0) is 11.0 Å². The van der Waals surface area contributed by atoms with Gasteiger partial charge in [0.1, 0.15) is 12.4 Å². The molecule has 0 saturated carbocycles. The van der Waals surface area contributed by atoms with Crippen LogP contribution in [0, 0.1) is 5.92 Å². The van der Waals surface area contributed by atoms with E-state index in [9.17, 15) is 18.0 Å². The Morgan fingerprint density at radius 1 is 1.42 bits per heavy atom. The highest BCUT2D eigenvalue weighted by Gasteiger charge is 2.30. The summed E-state index contributed by atoms with van der Waals surface area (Å²) in [7, 11) is 0. The number of hydrogen-bond acceptors (Lipinski definition) is 2. The van der Waals surface area contributed by atoms with Crippen molar-refractivity contribution in [3.8, 4) is 5.75 Å². The van der Waals surface area contributed by atoms with Gasteiger partial charge in [0.25, 0.3) is 0 Å². The van der Waals surface area contributed by atoms with Crippen LogP contribution in [0.3, 0.4) is 0 Å². The van der Waals surface area contributed by atoms with Crippen LogP contribution in [-0.4, -0.2) is 17.7 Å². The molecule has 0 aromatic heterocycles. The highest BCUT2D eigenvalue weighted by atomic mass is 19.4. The summed E-state index contributed by atoms with van der Waals surface area (Å²) in [6, 6.07) is 4.41.